The fourth-order valence-electron chi connectivity index (χ4n) is 2.49. The minimum Gasteiger partial charge on any atom is -0.456 e. The monoisotopic (exact) mass is 251 g/mol. The average Bonchev–Trinajstić information content (AvgIpc) is 3.03. The van der Waals surface area contributed by atoms with Gasteiger partial charge in [0.25, 0.3) is 5.91 Å². The number of hydrogen-bond donors (Lipinski definition) is 1. The van der Waals surface area contributed by atoms with Crippen LogP contribution in [0.4, 0.5) is 0 Å². The second-order valence-electron chi connectivity index (χ2n) is 4.85. The summed E-state index contributed by atoms with van der Waals surface area (Å²) in [6.07, 6.45) is 2.58. The highest BCUT2D eigenvalue weighted by Crippen LogP contribution is 2.22. The van der Waals surface area contributed by atoms with Crippen LogP contribution in [0, 0.1) is 5.92 Å². The molecule has 1 aliphatic rings. The van der Waals surface area contributed by atoms with Crippen LogP contribution in [0.1, 0.15) is 42.1 Å². The van der Waals surface area contributed by atoms with Crippen LogP contribution in [-0.4, -0.2) is 35.6 Å². The minimum atomic E-state index is -0.0413. The summed E-state index contributed by atoms with van der Waals surface area (Å²) in [7, 11) is 0. The maximum Gasteiger partial charge on any atom is 0.289 e. The molecule has 1 N–H and O–H groups in total. The average molecular weight is 251 g/mol. The number of likely N-dealkylation sites (tertiary alicyclic amines) is 1. The van der Waals surface area contributed by atoms with Gasteiger partial charge in [0, 0.05) is 32.0 Å². The van der Waals surface area contributed by atoms with E-state index in [0.717, 1.165) is 30.6 Å². The summed E-state index contributed by atoms with van der Waals surface area (Å²) in [6, 6.07) is 1.87. The third kappa shape index (κ3) is 2.43. The van der Waals surface area contributed by atoms with Crippen LogP contribution in [0.15, 0.2) is 10.5 Å². The Morgan fingerprint density at radius 1 is 1.50 bits per heavy atom. The topological polar surface area (TPSA) is 53.7 Å². The highest BCUT2D eigenvalue weighted by Gasteiger charge is 2.28. The van der Waals surface area contributed by atoms with E-state index >= 15 is 0 Å². The number of rotatable bonds is 4. The molecule has 0 radical (unpaired) electrons. The third-order valence-corrected chi connectivity index (χ3v) is 3.64. The van der Waals surface area contributed by atoms with Crippen LogP contribution in [0.2, 0.25) is 0 Å². The molecule has 4 heteroatoms. The van der Waals surface area contributed by atoms with Gasteiger partial charge in [-0.3, -0.25) is 4.79 Å². The molecule has 1 amide bonds. The molecule has 0 bridgehead atoms. The van der Waals surface area contributed by atoms with E-state index in [2.05, 4.69) is 6.92 Å². The first-order chi connectivity index (χ1) is 8.69. The quantitative estimate of drug-likeness (QED) is 0.888. The van der Waals surface area contributed by atoms with Crippen LogP contribution in [-0.2, 0) is 12.8 Å². The number of hydrogen-bond acceptors (Lipinski definition) is 3. The van der Waals surface area contributed by atoms with Crippen molar-refractivity contribution in [2.45, 2.75) is 33.1 Å². The van der Waals surface area contributed by atoms with Crippen molar-refractivity contribution in [3.05, 3.63) is 23.2 Å². The van der Waals surface area contributed by atoms with E-state index in [-0.39, 0.29) is 18.4 Å². The molecule has 100 valence electrons. The summed E-state index contributed by atoms with van der Waals surface area (Å²) in [4.78, 5) is 14.0. The number of nitrogens with zero attached hydrogens (tertiary/aromatic N) is 1. The summed E-state index contributed by atoms with van der Waals surface area (Å²) in [5.41, 5.74) is 1.12. The molecule has 0 spiro atoms. The molecule has 0 aromatic carbocycles. The molecular formula is C14H21NO3. The molecular weight excluding hydrogens is 230 g/mol. The van der Waals surface area contributed by atoms with Crippen molar-refractivity contribution in [1.82, 2.24) is 4.90 Å². The van der Waals surface area contributed by atoms with Crippen molar-refractivity contribution in [1.29, 1.82) is 0 Å². The van der Waals surface area contributed by atoms with Gasteiger partial charge < -0.3 is 14.4 Å². The number of aliphatic hydroxyl groups excluding tert-OH is 1. The van der Waals surface area contributed by atoms with Gasteiger partial charge in [-0.1, -0.05) is 13.8 Å². The Hall–Kier alpha value is -1.29. The second kappa shape index (κ2) is 5.57. The third-order valence-electron chi connectivity index (χ3n) is 3.64. The molecule has 1 aliphatic heterocycles. The van der Waals surface area contributed by atoms with E-state index in [0.29, 0.717) is 18.8 Å². The van der Waals surface area contributed by atoms with Gasteiger partial charge in [-0.05, 0) is 24.5 Å². The predicted octanol–water partition coefficient (Wildman–Crippen LogP) is 1.86. The first-order valence-corrected chi connectivity index (χ1v) is 6.71. The Labute approximate surface area is 108 Å². The number of furan rings is 1. The maximum atomic E-state index is 12.3. The number of carbonyl (C=O) groups excluding carboxylic acids is 1. The smallest absolute Gasteiger partial charge is 0.289 e. The molecule has 1 fully saturated rings. The number of aliphatic hydroxyl groups is 1. The van der Waals surface area contributed by atoms with Crippen molar-refractivity contribution in [2.75, 3.05) is 19.7 Å². The van der Waals surface area contributed by atoms with Gasteiger partial charge in [0.2, 0.25) is 0 Å². The molecule has 0 saturated carbocycles. The van der Waals surface area contributed by atoms with Crippen LogP contribution in [0.5, 0.6) is 0 Å². The summed E-state index contributed by atoms with van der Waals surface area (Å²) >= 11 is 0. The van der Waals surface area contributed by atoms with E-state index in [9.17, 15) is 4.79 Å². The van der Waals surface area contributed by atoms with E-state index in [4.69, 9.17) is 9.52 Å². The summed E-state index contributed by atoms with van der Waals surface area (Å²) in [6.45, 7) is 5.61. The lowest BCUT2D eigenvalue weighted by atomic mass is 10.1. The predicted molar refractivity (Wildman–Crippen MR) is 68.6 cm³/mol. The van der Waals surface area contributed by atoms with Gasteiger partial charge in [-0.2, -0.15) is 0 Å². The highest BCUT2D eigenvalue weighted by atomic mass is 16.4. The first-order valence-electron chi connectivity index (χ1n) is 6.71. The van der Waals surface area contributed by atoms with Gasteiger partial charge >= 0.3 is 0 Å². The lowest BCUT2D eigenvalue weighted by Crippen LogP contribution is -2.28. The summed E-state index contributed by atoms with van der Waals surface area (Å²) in [5.74, 6) is 1.54. The van der Waals surface area contributed by atoms with E-state index < -0.39 is 0 Å². The van der Waals surface area contributed by atoms with Gasteiger partial charge in [0.1, 0.15) is 5.76 Å². The van der Waals surface area contributed by atoms with Crippen LogP contribution in [0.25, 0.3) is 0 Å². The zero-order chi connectivity index (χ0) is 13.1. The van der Waals surface area contributed by atoms with Gasteiger partial charge in [-0.15, -0.1) is 0 Å². The molecule has 1 atom stereocenters. The zero-order valence-corrected chi connectivity index (χ0v) is 11.1. The Bertz CT molecular complexity index is 403. The van der Waals surface area contributed by atoms with Crippen molar-refractivity contribution >= 4 is 5.91 Å². The Morgan fingerprint density at radius 3 is 2.78 bits per heavy atom. The fraction of sp³-hybridized carbons (Fsp3) is 0.643. The highest BCUT2D eigenvalue weighted by molar-refractivity contribution is 5.92. The van der Waals surface area contributed by atoms with Crippen molar-refractivity contribution < 1.29 is 14.3 Å². The van der Waals surface area contributed by atoms with E-state index in [1.54, 1.807) is 4.90 Å². The van der Waals surface area contributed by atoms with E-state index in [1.807, 2.05) is 13.0 Å². The fourth-order valence-corrected chi connectivity index (χ4v) is 2.49. The number of carbonyl (C=O) groups is 1. The molecule has 1 aromatic heterocycles. The van der Waals surface area contributed by atoms with Crippen LogP contribution in [0.3, 0.4) is 0 Å². The molecule has 1 saturated heterocycles. The lowest BCUT2D eigenvalue weighted by molar-refractivity contribution is 0.0748. The Morgan fingerprint density at radius 2 is 2.28 bits per heavy atom. The largest absolute Gasteiger partial charge is 0.456 e. The Balaban J connectivity index is 2.11. The van der Waals surface area contributed by atoms with Crippen LogP contribution < -0.4 is 0 Å². The van der Waals surface area contributed by atoms with Crippen LogP contribution >= 0.6 is 0 Å². The first kappa shape index (κ1) is 13.1. The lowest BCUT2D eigenvalue weighted by Gasteiger charge is -2.14. The molecule has 4 nitrogen and oxygen atoms in total. The van der Waals surface area contributed by atoms with Gasteiger partial charge in [0.15, 0.2) is 5.76 Å². The van der Waals surface area contributed by atoms with E-state index in [1.165, 1.54) is 0 Å². The normalized spacial score (nSPS) is 19.5. The number of aryl methyl sites for hydroxylation is 2. The SMILES string of the molecule is CCc1cc(C(=O)N2CCC(CO)C2)oc1CC. The second-order valence-corrected chi connectivity index (χ2v) is 4.85. The molecule has 1 aromatic rings. The van der Waals surface area contributed by atoms with Gasteiger partial charge in [-0.25, -0.2) is 0 Å². The van der Waals surface area contributed by atoms with Crippen molar-refractivity contribution in [3.8, 4) is 0 Å². The number of amides is 1. The van der Waals surface area contributed by atoms with Crippen molar-refractivity contribution in [3.63, 3.8) is 0 Å². The molecule has 2 heterocycles. The molecule has 18 heavy (non-hydrogen) atoms. The maximum absolute atomic E-state index is 12.3. The Kier molecular flexibility index (Phi) is 4.07. The van der Waals surface area contributed by atoms with Crippen molar-refractivity contribution in [2.24, 2.45) is 5.92 Å². The summed E-state index contributed by atoms with van der Waals surface area (Å²) < 4.78 is 5.64. The minimum absolute atomic E-state index is 0.0413. The summed E-state index contributed by atoms with van der Waals surface area (Å²) in [5, 5.41) is 9.10. The van der Waals surface area contributed by atoms with Gasteiger partial charge in [0.05, 0.1) is 0 Å². The molecule has 0 aliphatic carbocycles. The molecule has 2 rings (SSSR count). The zero-order valence-electron chi connectivity index (χ0n) is 11.1. The standard InChI is InChI=1S/C14H21NO3/c1-3-11-7-13(18-12(11)4-2)14(17)15-6-5-10(8-15)9-16/h7,10,16H,3-6,8-9H2,1-2H3. The molecule has 1 unspecified atom stereocenters.